The molecule has 0 aromatic heterocycles. The van der Waals surface area contributed by atoms with Gasteiger partial charge < -0.3 is 19.5 Å². The topological polar surface area (TPSA) is 123 Å². The van der Waals surface area contributed by atoms with E-state index in [1.807, 2.05) is 6.92 Å². The fraction of sp³-hybridized carbons (Fsp3) is 0.172. The molecule has 1 heterocycles. The van der Waals surface area contributed by atoms with Crippen molar-refractivity contribution in [2.45, 2.75) is 13.8 Å². The Hall–Kier alpha value is -4.71. The van der Waals surface area contributed by atoms with Gasteiger partial charge in [-0.05, 0) is 89.9 Å². The summed E-state index contributed by atoms with van der Waals surface area (Å²) in [6.07, 6.45) is 1.31. The first-order chi connectivity index (χ1) is 19.7. The van der Waals surface area contributed by atoms with Gasteiger partial charge in [0.2, 0.25) is 0 Å². The number of anilines is 2. The number of hydrogen-bond donors (Lipinski definition) is 2. The second kappa shape index (κ2) is 13.1. The summed E-state index contributed by atoms with van der Waals surface area (Å²) >= 11 is 3.38. The normalized spacial score (nSPS) is 14.1. The largest absolute Gasteiger partial charge is 0.494 e. The monoisotopic (exact) mass is 625 g/mol. The predicted molar refractivity (Wildman–Crippen MR) is 152 cm³/mol. The van der Waals surface area contributed by atoms with E-state index in [1.165, 1.54) is 42.5 Å². The highest BCUT2D eigenvalue weighted by molar-refractivity contribution is 9.10. The molecule has 1 saturated heterocycles. The number of para-hydroxylation sites is 1. The zero-order valence-corrected chi connectivity index (χ0v) is 23.6. The van der Waals surface area contributed by atoms with Crippen LogP contribution in [0, 0.1) is 5.82 Å². The summed E-state index contributed by atoms with van der Waals surface area (Å²) in [5.74, 6) is -1.90. The van der Waals surface area contributed by atoms with Gasteiger partial charge >= 0.3 is 6.03 Å². The summed E-state index contributed by atoms with van der Waals surface area (Å²) < 4.78 is 30.9. The Bertz CT molecular complexity index is 1530. The number of nitrogens with one attached hydrogen (secondary N) is 2. The summed E-state index contributed by atoms with van der Waals surface area (Å²) in [5.41, 5.74) is 0.358. The van der Waals surface area contributed by atoms with Crippen LogP contribution in [0.2, 0.25) is 0 Å². The number of rotatable bonds is 10. The molecule has 0 atom stereocenters. The quantitative estimate of drug-likeness (QED) is 0.238. The van der Waals surface area contributed by atoms with Crippen LogP contribution in [-0.2, 0) is 14.4 Å². The van der Waals surface area contributed by atoms with Crippen LogP contribution in [0.5, 0.6) is 17.2 Å². The molecule has 12 heteroatoms. The molecule has 41 heavy (non-hydrogen) atoms. The molecule has 1 aliphatic heterocycles. The van der Waals surface area contributed by atoms with Crippen molar-refractivity contribution in [3.05, 3.63) is 82.1 Å². The van der Waals surface area contributed by atoms with E-state index in [4.69, 9.17) is 14.2 Å². The minimum Gasteiger partial charge on any atom is -0.494 e. The molecule has 5 amide bonds. The van der Waals surface area contributed by atoms with Crippen molar-refractivity contribution in [2.75, 3.05) is 30.0 Å². The van der Waals surface area contributed by atoms with Crippen molar-refractivity contribution in [3.63, 3.8) is 0 Å². The third kappa shape index (κ3) is 6.90. The Morgan fingerprint density at radius 1 is 1.00 bits per heavy atom. The molecule has 3 aromatic carbocycles. The van der Waals surface area contributed by atoms with Gasteiger partial charge in [0.05, 0.1) is 29.1 Å². The number of nitrogens with zero attached hydrogens (tertiary/aromatic N) is 1. The number of benzene rings is 3. The molecule has 4 rings (SSSR count). The SMILES string of the molecule is CCOc1ccc(N2C(=O)NC(=O)/C(=C\c3cc(Br)c(OCC(=O)Nc4ccccc4F)c(OCC)c3)C2=O)cc1. The third-order valence-electron chi connectivity index (χ3n) is 5.65. The number of imide groups is 2. The number of carbonyl (C=O) groups is 4. The maximum absolute atomic E-state index is 13.9. The van der Waals surface area contributed by atoms with Crippen molar-refractivity contribution >= 4 is 57.1 Å². The molecule has 0 spiro atoms. The predicted octanol–water partition coefficient (Wildman–Crippen LogP) is 5.07. The molecule has 212 valence electrons. The van der Waals surface area contributed by atoms with Crippen molar-refractivity contribution < 1.29 is 37.8 Å². The van der Waals surface area contributed by atoms with Gasteiger partial charge in [-0.3, -0.25) is 19.7 Å². The molecule has 3 aromatic rings. The van der Waals surface area contributed by atoms with E-state index >= 15 is 0 Å². The number of hydrogen-bond acceptors (Lipinski definition) is 7. The molecular weight excluding hydrogens is 601 g/mol. The summed E-state index contributed by atoms with van der Waals surface area (Å²) in [6.45, 7) is 3.81. The molecule has 0 radical (unpaired) electrons. The smallest absolute Gasteiger partial charge is 0.335 e. The molecular formula is C29H25BrFN3O7. The third-order valence-corrected chi connectivity index (χ3v) is 6.23. The Labute approximate surface area is 243 Å². The van der Waals surface area contributed by atoms with Gasteiger partial charge in [-0.1, -0.05) is 12.1 Å². The Balaban J connectivity index is 1.57. The molecule has 0 saturated carbocycles. The van der Waals surface area contributed by atoms with E-state index in [1.54, 1.807) is 31.2 Å². The number of urea groups is 1. The van der Waals surface area contributed by atoms with E-state index in [0.717, 1.165) is 4.90 Å². The molecule has 0 bridgehead atoms. The number of halogens is 2. The summed E-state index contributed by atoms with van der Waals surface area (Å²) in [7, 11) is 0. The van der Waals surface area contributed by atoms with Gasteiger partial charge in [0, 0.05) is 0 Å². The van der Waals surface area contributed by atoms with Crippen LogP contribution in [0.3, 0.4) is 0 Å². The standard InChI is InChI=1S/C29H25BrFN3O7/c1-3-39-19-11-9-18(10-12-19)34-28(37)20(27(36)33-29(34)38)13-17-14-21(30)26(24(15-17)40-4-2)41-16-25(35)32-23-8-6-5-7-22(23)31/h5-15H,3-4,16H2,1-2H3,(H,32,35)(H,33,36,38)/b20-13+. The van der Waals surface area contributed by atoms with E-state index in [2.05, 4.69) is 26.6 Å². The van der Waals surface area contributed by atoms with Gasteiger partial charge in [-0.25, -0.2) is 14.1 Å². The summed E-state index contributed by atoms with van der Waals surface area (Å²) in [5, 5.41) is 4.61. The highest BCUT2D eigenvalue weighted by Gasteiger charge is 2.37. The molecule has 10 nitrogen and oxygen atoms in total. The lowest BCUT2D eigenvalue weighted by Gasteiger charge is -2.26. The second-order valence-corrected chi connectivity index (χ2v) is 9.32. The van der Waals surface area contributed by atoms with Crippen LogP contribution in [0.4, 0.5) is 20.6 Å². The minimum absolute atomic E-state index is 0.0142. The minimum atomic E-state index is -0.880. The number of barbiturate groups is 1. The van der Waals surface area contributed by atoms with E-state index < -0.39 is 36.2 Å². The first kappa shape index (κ1) is 29.3. The maximum Gasteiger partial charge on any atom is 0.335 e. The molecule has 2 N–H and O–H groups in total. The highest BCUT2D eigenvalue weighted by atomic mass is 79.9. The van der Waals surface area contributed by atoms with Gasteiger partial charge in [0.15, 0.2) is 18.1 Å². The first-order valence-electron chi connectivity index (χ1n) is 12.5. The van der Waals surface area contributed by atoms with Gasteiger partial charge in [0.25, 0.3) is 17.7 Å². The zero-order chi connectivity index (χ0) is 29.5. The van der Waals surface area contributed by atoms with Crippen molar-refractivity contribution in [1.29, 1.82) is 0 Å². The van der Waals surface area contributed by atoms with E-state index in [9.17, 15) is 23.6 Å². The fourth-order valence-electron chi connectivity index (χ4n) is 3.88. The van der Waals surface area contributed by atoms with Crippen LogP contribution in [-0.4, -0.2) is 43.6 Å². The van der Waals surface area contributed by atoms with E-state index in [0.29, 0.717) is 22.4 Å². The Kier molecular flexibility index (Phi) is 9.35. The van der Waals surface area contributed by atoms with Crippen LogP contribution in [0.1, 0.15) is 19.4 Å². The number of ether oxygens (including phenoxy) is 3. The van der Waals surface area contributed by atoms with Crippen molar-refractivity contribution in [1.82, 2.24) is 5.32 Å². The van der Waals surface area contributed by atoms with Gasteiger partial charge in [-0.15, -0.1) is 0 Å². The molecule has 1 aliphatic rings. The van der Waals surface area contributed by atoms with Crippen LogP contribution < -0.4 is 29.7 Å². The first-order valence-corrected chi connectivity index (χ1v) is 13.3. The summed E-state index contributed by atoms with van der Waals surface area (Å²) in [4.78, 5) is 51.7. The average Bonchev–Trinajstić information content (AvgIpc) is 2.93. The Morgan fingerprint density at radius 2 is 1.71 bits per heavy atom. The lowest BCUT2D eigenvalue weighted by Crippen LogP contribution is -2.54. The summed E-state index contributed by atoms with van der Waals surface area (Å²) in [6, 6.07) is 14.2. The molecule has 0 unspecified atom stereocenters. The lowest BCUT2D eigenvalue weighted by molar-refractivity contribution is -0.122. The van der Waals surface area contributed by atoms with Gasteiger partial charge in [-0.2, -0.15) is 0 Å². The average molecular weight is 626 g/mol. The van der Waals surface area contributed by atoms with Crippen molar-refractivity contribution in [2.24, 2.45) is 0 Å². The molecule has 0 aliphatic carbocycles. The second-order valence-electron chi connectivity index (χ2n) is 8.46. The van der Waals surface area contributed by atoms with Crippen LogP contribution >= 0.6 is 15.9 Å². The van der Waals surface area contributed by atoms with Crippen LogP contribution in [0.25, 0.3) is 6.08 Å². The lowest BCUT2D eigenvalue weighted by atomic mass is 10.1. The molecule has 1 fully saturated rings. The number of carbonyl (C=O) groups excluding carboxylic acids is 4. The highest BCUT2D eigenvalue weighted by Crippen LogP contribution is 2.38. The van der Waals surface area contributed by atoms with Gasteiger partial charge in [0.1, 0.15) is 17.1 Å². The zero-order valence-electron chi connectivity index (χ0n) is 22.0. The maximum atomic E-state index is 13.9. The fourth-order valence-corrected chi connectivity index (χ4v) is 4.45. The van der Waals surface area contributed by atoms with Crippen molar-refractivity contribution in [3.8, 4) is 17.2 Å². The van der Waals surface area contributed by atoms with E-state index in [-0.39, 0.29) is 35.1 Å². The Morgan fingerprint density at radius 3 is 2.39 bits per heavy atom. The van der Waals surface area contributed by atoms with Crippen LogP contribution in [0.15, 0.2) is 70.7 Å². The number of amides is 5.